The van der Waals surface area contributed by atoms with E-state index in [1.807, 2.05) is 12.1 Å². The zero-order chi connectivity index (χ0) is 32.3. The number of para-hydroxylation sites is 3. The first-order chi connectivity index (χ1) is 24.3. The molecule has 0 unspecified atom stereocenters. The first-order valence-corrected chi connectivity index (χ1v) is 16.7. The Morgan fingerprint density at radius 1 is 0.408 bits per heavy atom. The smallest absolute Gasteiger partial charge is 0.135 e. The Balaban J connectivity index is 1.24. The number of nitrogens with zero attached hydrogens (tertiary/aromatic N) is 2. The predicted octanol–water partition coefficient (Wildman–Crippen LogP) is 12.8. The van der Waals surface area contributed by atoms with Crippen molar-refractivity contribution in [3.8, 4) is 39.4 Å². The largest absolute Gasteiger partial charge is 0.456 e. The maximum absolute atomic E-state index is 6.50. The second-order valence-electron chi connectivity index (χ2n) is 12.6. The molecule has 0 N–H and O–H groups in total. The van der Waals surface area contributed by atoms with Gasteiger partial charge in [-0.2, -0.15) is 0 Å². The molecule has 0 aliphatic carbocycles. The van der Waals surface area contributed by atoms with E-state index in [1.54, 1.807) is 0 Å². The minimum Gasteiger partial charge on any atom is -0.456 e. The van der Waals surface area contributed by atoms with Crippen LogP contribution in [-0.2, 0) is 0 Å². The van der Waals surface area contributed by atoms with Crippen molar-refractivity contribution in [3.05, 3.63) is 182 Å². The molecular formula is C46H30N2O. The highest BCUT2D eigenvalue weighted by atomic mass is 16.5. The molecule has 3 heteroatoms. The Hall–Kier alpha value is -6.58. The summed E-state index contributed by atoms with van der Waals surface area (Å²) in [5.41, 5.74) is 11.5. The molecule has 0 atom stereocenters. The molecule has 1 aliphatic heterocycles. The van der Waals surface area contributed by atoms with E-state index in [0.717, 1.165) is 50.6 Å². The van der Waals surface area contributed by atoms with Gasteiger partial charge in [-0.05, 0) is 83.4 Å². The summed E-state index contributed by atoms with van der Waals surface area (Å²) in [5.74, 6) is 1.77. The molecule has 0 amide bonds. The number of hydrogen-bond acceptors (Lipinski definition) is 2. The molecule has 0 saturated carbocycles. The Morgan fingerprint density at radius 2 is 1.08 bits per heavy atom. The summed E-state index contributed by atoms with van der Waals surface area (Å²) in [6, 6.07) is 65.0. The molecule has 9 aromatic rings. The van der Waals surface area contributed by atoms with E-state index in [2.05, 4.69) is 179 Å². The third kappa shape index (κ3) is 4.37. The van der Waals surface area contributed by atoms with E-state index in [0.29, 0.717) is 0 Å². The van der Waals surface area contributed by atoms with Crippen molar-refractivity contribution in [1.29, 1.82) is 0 Å². The van der Waals surface area contributed by atoms with Crippen molar-refractivity contribution in [2.75, 3.05) is 4.90 Å². The molecule has 230 valence electrons. The minimum absolute atomic E-state index is 0.882. The van der Waals surface area contributed by atoms with E-state index < -0.39 is 0 Å². The van der Waals surface area contributed by atoms with Gasteiger partial charge in [0.25, 0.3) is 0 Å². The van der Waals surface area contributed by atoms with Crippen LogP contribution in [0.2, 0.25) is 0 Å². The lowest BCUT2D eigenvalue weighted by molar-refractivity contribution is 0.487. The molecule has 0 saturated heterocycles. The third-order valence-electron chi connectivity index (χ3n) is 9.76. The van der Waals surface area contributed by atoms with Crippen molar-refractivity contribution in [3.63, 3.8) is 0 Å². The molecule has 1 aliphatic rings. The maximum Gasteiger partial charge on any atom is 0.135 e. The van der Waals surface area contributed by atoms with Crippen LogP contribution in [-0.4, -0.2) is 4.57 Å². The zero-order valence-electron chi connectivity index (χ0n) is 26.6. The highest BCUT2D eigenvalue weighted by Gasteiger charge is 2.24. The number of ether oxygens (including phenoxy) is 1. The SMILES string of the molecule is c1ccc(-c2cccc(N(c3ccc4c(c3)c3ccccc3n4-c3ccccc3)c3ccc4c5c(cccc35)Oc3ccccc3-4)c2)cc1. The molecule has 0 radical (unpaired) electrons. The quantitative estimate of drug-likeness (QED) is 0.189. The molecule has 49 heavy (non-hydrogen) atoms. The van der Waals surface area contributed by atoms with Crippen LogP contribution < -0.4 is 9.64 Å². The van der Waals surface area contributed by atoms with Crippen molar-refractivity contribution in [1.82, 2.24) is 4.57 Å². The van der Waals surface area contributed by atoms with Crippen molar-refractivity contribution < 1.29 is 4.74 Å². The van der Waals surface area contributed by atoms with Crippen LogP contribution in [0.1, 0.15) is 0 Å². The van der Waals surface area contributed by atoms with Gasteiger partial charge in [0.1, 0.15) is 11.5 Å². The van der Waals surface area contributed by atoms with Crippen LogP contribution in [0.3, 0.4) is 0 Å². The van der Waals surface area contributed by atoms with Crippen molar-refractivity contribution >= 4 is 49.6 Å². The number of hydrogen-bond donors (Lipinski definition) is 0. The van der Waals surface area contributed by atoms with Crippen molar-refractivity contribution in [2.24, 2.45) is 0 Å². The van der Waals surface area contributed by atoms with Gasteiger partial charge >= 0.3 is 0 Å². The van der Waals surface area contributed by atoms with Gasteiger partial charge in [0.15, 0.2) is 0 Å². The summed E-state index contributed by atoms with van der Waals surface area (Å²) >= 11 is 0. The Labute approximate surface area is 284 Å². The van der Waals surface area contributed by atoms with Crippen LogP contribution in [0.5, 0.6) is 11.5 Å². The van der Waals surface area contributed by atoms with Gasteiger partial charge in [-0.3, -0.25) is 0 Å². The van der Waals surface area contributed by atoms with E-state index in [4.69, 9.17) is 4.74 Å². The Morgan fingerprint density at radius 3 is 1.98 bits per heavy atom. The fourth-order valence-electron chi connectivity index (χ4n) is 7.60. The number of anilines is 3. The molecule has 8 aromatic carbocycles. The average Bonchev–Trinajstić information content (AvgIpc) is 3.50. The van der Waals surface area contributed by atoms with Crippen molar-refractivity contribution in [2.45, 2.75) is 0 Å². The van der Waals surface area contributed by atoms with Gasteiger partial charge < -0.3 is 14.2 Å². The van der Waals surface area contributed by atoms with E-state index in [1.165, 1.54) is 38.5 Å². The van der Waals surface area contributed by atoms with E-state index in [-0.39, 0.29) is 0 Å². The predicted molar refractivity (Wildman–Crippen MR) is 204 cm³/mol. The summed E-state index contributed by atoms with van der Waals surface area (Å²) in [6.45, 7) is 0. The van der Waals surface area contributed by atoms with Gasteiger partial charge in [0, 0.05) is 44.2 Å². The van der Waals surface area contributed by atoms with Gasteiger partial charge in [0.05, 0.1) is 16.7 Å². The Kier molecular flexibility index (Phi) is 6.18. The number of aromatic nitrogens is 1. The molecular weight excluding hydrogens is 597 g/mol. The normalized spacial score (nSPS) is 11.8. The highest BCUT2D eigenvalue weighted by molar-refractivity contribution is 6.13. The summed E-state index contributed by atoms with van der Waals surface area (Å²) in [7, 11) is 0. The zero-order valence-corrected chi connectivity index (χ0v) is 26.6. The number of fused-ring (bicyclic) bond motifs is 5. The summed E-state index contributed by atoms with van der Waals surface area (Å²) < 4.78 is 8.87. The molecule has 2 heterocycles. The van der Waals surface area contributed by atoms with E-state index >= 15 is 0 Å². The fraction of sp³-hybridized carbons (Fsp3) is 0. The molecule has 3 nitrogen and oxygen atoms in total. The van der Waals surface area contributed by atoms with Gasteiger partial charge in [0.2, 0.25) is 0 Å². The maximum atomic E-state index is 6.50. The van der Waals surface area contributed by atoms with Crippen LogP contribution in [0.4, 0.5) is 17.1 Å². The second-order valence-corrected chi connectivity index (χ2v) is 12.6. The molecule has 10 rings (SSSR count). The molecule has 0 bridgehead atoms. The first kappa shape index (κ1) is 27.5. The molecule has 0 spiro atoms. The summed E-state index contributed by atoms with van der Waals surface area (Å²) in [6.07, 6.45) is 0. The average molecular weight is 627 g/mol. The van der Waals surface area contributed by atoms with Crippen LogP contribution >= 0.6 is 0 Å². The standard InChI is InChI=1S/C46H30N2O/c1-3-13-31(14-4-1)32-15-11-18-34(29-32)47(42-28-26-38-37-20-8-10-23-44(37)49-45-24-12-21-39(42)46(38)45)35-25-27-43-40(30-35)36-19-7-9-22-41(36)48(43)33-16-5-2-6-17-33/h1-30H. The lowest BCUT2D eigenvalue weighted by Crippen LogP contribution is -2.11. The third-order valence-corrected chi connectivity index (χ3v) is 9.76. The van der Waals surface area contributed by atoms with Crippen LogP contribution in [0.25, 0.3) is 60.5 Å². The molecule has 1 aromatic heterocycles. The number of rotatable bonds is 5. The summed E-state index contributed by atoms with van der Waals surface area (Å²) in [5, 5.41) is 4.70. The fourth-order valence-corrected chi connectivity index (χ4v) is 7.60. The van der Waals surface area contributed by atoms with Gasteiger partial charge in [-0.25, -0.2) is 0 Å². The second kappa shape index (κ2) is 11.0. The van der Waals surface area contributed by atoms with Crippen LogP contribution in [0.15, 0.2) is 182 Å². The lowest BCUT2D eigenvalue weighted by Gasteiger charge is -2.29. The summed E-state index contributed by atoms with van der Waals surface area (Å²) in [4.78, 5) is 2.41. The minimum atomic E-state index is 0.882. The first-order valence-electron chi connectivity index (χ1n) is 16.7. The lowest BCUT2D eigenvalue weighted by atomic mass is 9.93. The van der Waals surface area contributed by atoms with Gasteiger partial charge in [-0.15, -0.1) is 0 Å². The number of benzene rings is 8. The Bertz CT molecular complexity index is 2690. The monoisotopic (exact) mass is 626 g/mol. The highest BCUT2D eigenvalue weighted by Crippen LogP contribution is 2.51. The molecule has 0 fully saturated rings. The van der Waals surface area contributed by atoms with E-state index in [9.17, 15) is 0 Å². The topological polar surface area (TPSA) is 17.4 Å². The van der Waals surface area contributed by atoms with Crippen LogP contribution in [0, 0.1) is 0 Å². The van der Waals surface area contributed by atoms with Gasteiger partial charge in [-0.1, -0.05) is 115 Å².